The molecule has 0 amide bonds. The summed E-state index contributed by atoms with van der Waals surface area (Å²) in [7, 11) is -3.17. The molecule has 1 unspecified atom stereocenters. The fourth-order valence-electron chi connectivity index (χ4n) is 0.849. The van der Waals surface area contributed by atoms with Crippen LogP contribution >= 0.6 is 58.4 Å². The van der Waals surface area contributed by atoms with Gasteiger partial charge in [-0.05, 0) is 13.3 Å². The van der Waals surface area contributed by atoms with E-state index in [-0.39, 0.29) is 0 Å². The summed E-state index contributed by atoms with van der Waals surface area (Å²) in [5.41, 5.74) is -1.15. The molecule has 0 aromatic heterocycles. The Bertz CT molecular complexity index is 474. The van der Waals surface area contributed by atoms with Gasteiger partial charge in [0.25, 0.3) is 3.67 Å². The highest BCUT2D eigenvalue weighted by Crippen LogP contribution is 2.43. The molecule has 0 spiro atoms. The summed E-state index contributed by atoms with van der Waals surface area (Å²) >= 11 is 23.2. The van der Waals surface area contributed by atoms with Crippen LogP contribution in [-0.2, 0) is 10.3 Å². The molecule has 112 valence electrons. The second-order valence-electron chi connectivity index (χ2n) is 3.73. The first-order valence-corrected chi connectivity index (χ1v) is 8.69. The minimum atomic E-state index is -4.37. The Kier molecular flexibility index (Phi) is 7.56. The molecule has 0 radical (unpaired) electrons. The first kappa shape index (κ1) is 19.9. The molecule has 0 aliphatic rings. The molecular formula is C8H13Cl4N2O3S2+. The van der Waals surface area contributed by atoms with Crippen molar-refractivity contribution >= 4 is 68.7 Å². The zero-order valence-electron chi connectivity index (χ0n) is 10.3. The number of nitrogens with zero attached hydrogens (tertiary/aromatic N) is 2. The predicted octanol–water partition coefficient (Wildman–Crippen LogP) is 3.81. The zero-order chi connectivity index (χ0) is 15.5. The van der Waals surface area contributed by atoms with Gasteiger partial charge in [0.05, 0.1) is 0 Å². The quantitative estimate of drug-likeness (QED) is 0.440. The van der Waals surface area contributed by atoms with Crippen LogP contribution in [0.4, 0.5) is 0 Å². The first-order valence-electron chi connectivity index (χ1n) is 4.89. The lowest BCUT2D eigenvalue weighted by atomic mass is 10.0. The van der Waals surface area contributed by atoms with Crippen molar-refractivity contribution in [3.05, 3.63) is 4.25 Å². The summed E-state index contributed by atoms with van der Waals surface area (Å²) in [4.78, 5) is -1.10. The lowest BCUT2D eigenvalue weighted by Crippen LogP contribution is -2.45. The molecule has 0 aromatic carbocycles. The second kappa shape index (κ2) is 7.23. The van der Waals surface area contributed by atoms with Gasteiger partial charge in [-0.1, -0.05) is 30.1 Å². The highest BCUT2D eigenvalue weighted by Gasteiger charge is 2.43. The Balaban J connectivity index is 5.14. The number of halogens is 4. The van der Waals surface area contributed by atoms with E-state index in [2.05, 4.69) is 10.3 Å². The largest absolute Gasteiger partial charge is 0.353 e. The Morgan fingerprint density at radius 1 is 1.47 bits per heavy atom. The zero-order valence-corrected chi connectivity index (χ0v) is 14.9. The van der Waals surface area contributed by atoms with Crippen LogP contribution in [0, 0.1) is 6.07 Å². The SMILES string of the molecule is CCC(C)(C#[N+]SC(Cl)(Cl)C(Cl)Cl)N(C)S(=O)(=O)O. The molecule has 0 saturated heterocycles. The van der Waals surface area contributed by atoms with E-state index < -0.39 is 24.3 Å². The molecule has 0 aliphatic heterocycles. The smallest absolute Gasteiger partial charge is 0.273 e. The van der Waals surface area contributed by atoms with Gasteiger partial charge in [0, 0.05) is 11.3 Å². The van der Waals surface area contributed by atoms with Gasteiger partial charge < -0.3 is 0 Å². The van der Waals surface area contributed by atoms with Crippen LogP contribution in [0.1, 0.15) is 20.3 Å². The summed E-state index contributed by atoms with van der Waals surface area (Å²) in [5, 5.41) is 0. The van der Waals surface area contributed by atoms with Crippen molar-refractivity contribution in [1.82, 2.24) is 4.31 Å². The minimum absolute atomic E-state index is 0.316. The van der Waals surface area contributed by atoms with Crippen LogP contribution in [0.3, 0.4) is 0 Å². The highest BCUT2D eigenvalue weighted by molar-refractivity contribution is 8.05. The summed E-state index contributed by atoms with van der Waals surface area (Å²) in [6.45, 7) is 3.23. The number of rotatable bonds is 5. The fourth-order valence-corrected chi connectivity index (χ4v) is 2.42. The molecular weight excluding hydrogens is 378 g/mol. The molecule has 0 rings (SSSR count). The third-order valence-corrected chi connectivity index (χ3v) is 6.40. The van der Waals surface area contributed by atoms with Crippen LogP contribution in [-0.4, -0.2) is 38.4 Å². The summed E-state index contributed by atoms with van der Waals surface area (Å²) in [5.74, 6) is 0. The van der Waals surface area contributed by atoms with Crippen LogP contribution in [0.2, 0.25) is 0 Å². The normalized spacial score (nSPS) is 16.1. The predicted molar refractivity (Wildman–Crippen MR) is 82.8 cm³/mol. The van der Waals surface area contributed by atoms with Crippen molar-refractivity contribution in [3.8, 4) is 6.07 Å². The molecule has 0 aromatic rings. The average Bonchev–Trinajstić information content (AvgIpc) is 2.26. The molecule has 5 nitrogen and oxygen atoms in total. The summed E-state index contributed by atoms with van der Waals surface area (Å²) < 4.78 is 34.1. The molecule has 19 heavy (non-hydrogen) atoms. The van der Waals surface area contributed by atoms with E-state index in [9.17, 15) is 8.42 Å². The van der Waals surface area contributed by atoms with E-state index in [1.165, 1.54) is 14.0 Å². The molecule has 1 atom stereocenters. The third-order valence-electron chi connectivity index (χ3n) is 2.44. The van der Waals surface area contributed by atoms with Gasteiger partial charge in [0.15, 0.2) is 10.4 Å². The second-order valence-corrected chi connectivity index (χ2v) is 9.11. The number of alkyl halides is 4. The van der Waals surface area contributed by atoms with Gasteiger partial charge >= 0.3 is 28.3 Å². The maximum Gasteiger partial charge on any atom is 0.353 e. The van der Waals surface area contributed by atoms with Crippen LogP contribution in [0.5, 0.6) is 0 Å². The van der Waals surface area contributed by atoms with Crippen molar-refractivity contribution in [2.75, 3.05) is 7.05 Å². The third kappa shape index (κ3) is 6.02. The highest BCUT2D eigenvalue weighted by atomic mass is 35.5. The summed E-state index contributed by atoms with van der Waals surface area (Å²) in [6.07, 6.45) is 0.316. The Morgan fingerprint density at radius 3 is 2.26 bits per heavy atom. The minimum Gasteiger partial charge on any atom is -0.273 e. The van der Waals surface area contributed by atoms with Crippen molar-refractivity contribution in [1.29, 1.82) is 0 Å². The summed E-state index contributed by atoms with van der Waals surface area (Å²) in [6, 6.07) is 2.55. The van der Waals surface area contributed by atoms with Gasteiger partial charge in [0.2, 0.25) is 0 Å². The topological polar surface area (TPSA) is 62.0 Å². The average molecular weight is 391 g/mol. The molecule has 1 N–H and O–H groups in total. The van der Waals surface area contributed by atoms with Crippen molar-refractivity contribution in [2.45, 2.75) is 34.3 Å². The van der Waals surface area contributed by atoms with Gasteiger partial charge in [0.1, 0.15) is 0 Å². The van der Waals surface area contributed by atoms with E-state index in [1.807, 2.05) is 0 Å². The van der Waals surface area contributed by atoms with Gasteiger partial charge in [-0.25, -0.2) is 0 Å². The molecule has 0 aliphatic carbocycles. The van der Waals surface area contributed by atoms with Crippen LogP contribution in [0.25, 0.3) is 4.25 Å². The van der Waals surface area contributed by atoms with Crippen molar-refractivity contribution in [2.24, 2.45) is 0 Å². The van der Waals surface area contributed by atoms with Crippen molar-refractivity contribution in [3.63, 3.8) is 0 Å². The fraction of sp³-hybridized carbons (Fsp3) is 0.875. The maximum atomic E-state index is 11.1. The van der Waals surface area contributed by atoms with E-state index in [0.29, 0.717) is 18.4 Å². The van der Waals surface area contributed by atoms with E-state index in [1.54, 1.807) is 6.92 Å². The van der Waals surface area contributed by atoms with Gasteiger partial charge in [-0.15, -0.1) is 23.2 Å². The van der Waals surface area contributed by atoms with Gasteiger partial charge in [-0.3, -0.25) is 4.55 Å². The van der Waals surface area contributed by atoms with Gasteiger partial charge in [-0.2, -0.15) is 12.7 Å². The Labute approximate surface area is 137 Å². The van der Waals surface area contributed by atoms with E-state index >= 15 is 0 Å². The monoisotopic (exact) mass is 389 g/mol. The lowest BCUT2D eigenvalue weighted by molar-refractivity contribution is 0.275. The molecule has 11 heteroatoms. The number of hydrogen-bond acceptors (Lipinski definition) is 3. The molecule has 0 fully saturated rings. The molecule has 0 heterocycles. The standard InChI is InChI=1S/C8H12Cl4N2O3S2/c1-4-7(2,14(3)19(15,16)17)5-13-18-8(11,12)6(9)10/h6H,4H2,1-3H3/p+1. The number of hydrogen-bond donors (Lipinski definition) is 1. The van der Waals surface area contributed by atoms with Crippen LogP contribution < -0.4 is 0 Å². The molecule has 0 bridgehead atoms. The molecule has 0 saturated carbocycles. The van der Waals surface area contributed by atoms with E-state index in [4.69, 9.17) is 51.0 Å². The lowest BCUT2D eigenvalue weighted by Gasteiger charge is -2.25. The maximum absolute atomic E-state index is 11.1. The Morgan fingerprint density at radius 2 is 1.95 bits per heavy atom. The Hall–Kier alpha value is 0.870. The van der Waals surface area contributed by atoms with E-state index in [0.717, 1.165) is 4.31 Å². The van der Waals surface area contributed by atoms with Crippen LogP contribution in [0.15, 0.2) is 0 Å². The first-order chi connectivity index (χ1) is 8.37. The van der Waals surface area contributed by atoms with Crippen molar-refractivity contribution < 1.29 is 13.0 Å².